The van der Waals surface area contributed by atoms with E-state index in [1.54, 1.807) is 32.0 Å². The highest BCUT2D eigenvalue weighted by Gasteiger charge is 2.36. The second kappa shape index (κ2) is 12.5. The van der Waals surface area contributed by atoms with E-state index in [9.17, 15) is 29.8 Å². The Morgan fingerprint density at radius 2 is 1.57 bits per heavy atom. The summed E-state index contributed by atoms with van der Waals surface area (Å²) in [6, 6.07) is 13.0. The maximum absolute atomic E-state index is 14.0. The van der Waals surface area contributed by atoms with Gasteiger partial charge in [0, 0.05) is 41.5 Å². The molecule has 6 rings (SSSR count). The van der Waals surface area contributed by atoms with Gasteiger partial charge in [0.05, 0.1) is 42.3 Å². The third kappa shape index (κ3) is 5.89. The van der Waals surface area contributed by atoms with E-state index in [0.717, 1.165) is 11.3 Å². The monoisotopic (exact) mass is 694 g/mol. The maximum Gasteiger partial charge on any atom is 0.338 e. The smallest absolute Gasteiger partial charge is 0.338 e. The molecule has 238 valence electrons. The number of esters is 1. The first-order valence-electron chi connectivity index (χ1n) is 13.7. The molecule has 1 aliphatic heterocycles. The van der Waals surface area contributed by atoms with Gasteiger partial charge in [-0.3, -0.25) is 29.6 Å². The van der Waals surface area contributed by atoms with Crippen LogP contribution in [0.5, 0.6) is 0 Å². The number of nitro benzene ring substituents is 2. The van der Waals surface area contributed by atoms with Crippen molar-refractivity contribution in [2.24, 2.45) is 4.99 Å². The van der Waals surface area contributed by atoms with Crippen LogP contribution in [0.2, 0.25) is 10.0 Å². The Labute approximate surface area is 277 Å². The maximum atomic E-state index is 14.0. The molecule has 0 amide bonds. The first kappa shape index (κ1) is 31.7. The summed E-state index contributed by atoms with van der Waals surface area (Å²) in [4.78, 5) is 53.5. The number of furan rings is 2. The first-order chi connectivity index (χ1) is 22.5. The molecule has 5 aromatic rings. The van der Waals surface area contributed by atoms with E-state index in [4.69, 9.17) is 36.8 Å². The van der Waals surface area contributed by atoms with E-state index in [-0.39, 0.29) is 71.5 Å². The van der Waals surface area contributed by atoms with E-state index in [1.165, 1.54) is 53.1 Å². The molecule has 3 aromatic heterocycles. The number of fused-ring (bicyclic) bond motifs is 1. The predicted octanol–water partition coefficient (Wildman–Crippen LogP) is 6.44. The van der Waals surface area contributed by atoms with Gasteiger partial charge in [-0.2, -0.15) is 0 Å². The molecule has 0 saturated heterocycles. The van der Waals surface area contributed by atoms with Crippen molar-refractivity contribution in [3.8, 4) is 22.6 Å². The van der Waals surface area contributed by atoms with Gasteiger partial charge in [0.15, 0.2) is 4.80 Å². The summed E-state index contributed by atoms with van der Waals surface area (Å²) in [6.45, 7) is 3.32. The zero-order chi connectivity index (χ0) is 33.6. The zero-order valence-electron chi connectivity index (χ0n) is 24.3. The van der Waals surface area contributed by atoms with Crippen LogP contribution in [-0.2, 0) is 9.53 Å². The summed E-state index contributed by atoms with van der Waals surface area (Å²) in [5.41, 5.74) is 0.0188. The molecule has 47 heavy (non-hydrogen) atoms. The summed E-state index contributed by atoms with van der Waals surface area (Å²) in [5, 5.41) is 23.1. The standard InChI is InChI=1S/C31H20Cl2N4O9S/c1-3-44-30(39)27-15(2)34-31-35(28(27)25-11-10-24(46-25)20-13-17(37(42)43)5-8-22(20)33)29(38)26(47-31)14-18-6-9-23(45-18)19-12-16(36(40)41)4-7-21(19)32/h4-14,28H,3H2,1-2H3/b26-14-/t28-/m0/s1. The summed E-state index contributed by atoms with van der Waals surface area (Å²) in [7, 11) is 0. The van der Waals surface area contributed by atoms with Crippen molar-refractivity contribution in [2.75, 3.05) is 6.61 Å². The zero-order valence-corrected chi connectivity index (χ0v) is 26.6. The van der Waals surface area contributed by atoms with Crippen LogP contribution < -0.4 is 14.9 Å². The van der Waals surface area contributed by atoms with Crippen LogP contribution in [0.4, 0.5) is 11.4 Å². The third-order valence-electron chi connectivity index (χ3n) is 7.17. The number of rotatable bonds is 8. The molecule has 0 aliphatic carbocycles. The molecule has 4 heterocycles. The minimum absolute atomic E-state index is 0.0644. The third-order valence-corrected chi connectivity index (χ3v) is 8.81. The number of halogens is 2. The van der Waals surface area contributed by atoms with Gasteiger partial charge in [-0.15, -0.1) is 0 Å². The van der Waals surface area contributed by atoms with Crippen LogP contribution in [0.25, 0.3) is 28.7 Å². The lowest BCUT2D eigenvalue weighted by molar-refractivity contribution is -0.385. The normalized spacial score (nSPS) is 14.6. The molecule has 0 fully saturated rings. The van der Waals surface area contributed by atoms with E-state index in [2.05, 4.69) is 4.99 Å². The van der Waals surface area contributed by atoms with E-state index >= 15 is 0 Å². The highest BCUT2D eigenvalue weighted by molar-refractivity contribution is 7.07. The Bertz CT molecular complexity index is 2330. The van der Waals surface area contributed by atoms with Gasteiger partial charge < -0.3 is 13.6 Å². The second-order valence-corrected chi connectivity index (χ2v) is 11.9. The van der Waals surface area contributed by atoms with Crippen LogP contribution in [0.1, 0.15) is 31.4 Å². The van der Waals surface area contributed by atoms with Gasteiger partial charge in [0.25, 0.3) is 16.9 Å². The molecule has 0 spiro atoms. The van der Waals surface area contributed by atoms with Crippen molar-refractivity contribution in [3.63, 3.8) is 0 Å². The number of carbonyl (C=O) groups is 1. The van der Waals surface area contributed by atoms with E-state index in [0.29, 0.717) is 11.3 Å². The van der Waals surface area contributed by atoms with Gasteiger partial charge in [0.2, 0.25) is 0 Å². The SMILES string of the molecule is CCOC(=O)C1=C(C)N=c2s/c(=C\c3ccc(-c4cc([N+](=O)[O-])ccc4Cl)o3)c(=O)n2[C@H]1c1ccc(-c2cc([N+](=O)[O-])ccc2Cl)o1. The molecule has 0 radical (unpaired) electrons. The van der Waals surface area contributed by atoms with Gasteiger partial charge in [-0.1, -0.05) is 34.5 Å². The first-order valence-corrected chi connectivity index (χ1v) is 15.3. The Morgan fingerprint density at radius 1 is 0.979 bits per heavy atom. The molecule has 13 nitrogen and oxygen atoms in total. The van der Waals surface area contributed by atoms with Crippen LogP contribution in [0.15, 0.2) is 90.6 Å². The highest BCUT2D eigenvalue weighted by Crippen LogP contribution is 2.38. The van der Waals surface area contributed by atoms with Crippen molar-refractivity contribution in [1.29, 1.82) is 0 Å². The van der Waals surface area contributed by atoms with Crippen molar-refractivity contribution in [1.82, 2.24) is 4.57 Å². The Kier molecular flexibility index (Phi) is 8.40. The van der Waals surface area contributed by atoms with E-state index in [1.807, 2.05) is 0 Å². The van der Waals surface area contributed by atoms with Gasteiger partial charge in [0.1, 0.15) is 29.1 Å². The Morgan fingerprint density at radius 3 is 2.17 bits per heavy atom. The Balaban J connectivity index is 1.46. The molecule has 0 saturated carbocycles. The minimum atomic E-state index is -1.10. The summed E-state index contributed by atoms with van der Waals surface area (Å²) in [5.74, 6) is 0.138. The number of nitro groups is 2. The van der Waals surface area contributed by atoms with Crippen LogP contribution >= 0.6 is 34.5 Å². The molecule has 0 unspecified atom stereocenters. The van der Waals surface area contributed by atoms with Gasteiger partial charge in [-0.05, 0) is 50.2 Å². The predicted molar refractivity (Wildman–Crippen MR) is 172 cm³/mol. The van der Waals surface area contributed by atoms with Gasteiger partial charge >= 0.3 is 5.97 Å². The number of ether oxygens (including phenoxy) is 1. The fourth-order valence-electron chi connectivity index (χ4n) is 5.04. The molecule has 16 heteroatoms. The van der Waals surface area contributed by atoms with Crippen molar-refractivity contribution in [3.05, 3.63) is 133 Å². The number of allylic oxidation sites excluding steroid dienone is 1. The van der Waals surface area contributed by atoms with Crippen molar-refractivity contribution in [2.45, 2.75) is 19.9 Å². The molecule has 0 N–H and O–H groups in total. The second-order valence-electron chi connectivity index (χ2n) is 10.0. The summed E-state index contributed by atoms with van der Waals surface area (Å²) in [6.07, 6.45) is 1.48. The Hall–Kier alpha value is -5.31. The number of hydrogen-bond donors (Lipinski definition) is 0. The molecular formula is C31H20Cl2N4O9S. The highest BCUT2D eigenvalue weighted by atomic mass is 35.5. The fourth-order valence-corrected chi connectivity index (χ4v) is 6.49. The summed E-state index contributed by atoms with van der Waals surface area (Å²) >= 11 is 13.7. The molecule has 1 aliphatic rings. The minimum Gasteiger partial charge on any atom is -0.463 e. The lowest BCUT2D eigenvalue weighted by Gasteiger charge is -2.22. The van der Waals surface area contributed by atoms with Crippen molar-refractivity contribution >= 4 is 58.0 Å². The number of hydrogen-bond acceptors (Lipinski definition) is 11. The average Bonchev–Trinajstić information content (AvgIpc) is 3.77. The van der Waals surface area contributed by atoms with Crippen LogP contribution in [-0.4, -0.2) is 27.0 Å². The van der Waals surface area contributed by atoms with Crippen molar-refractivity contribution < 1.29 is 28.2 Å². The molecule has 1 atom stereocenters. The van der Waals surface area contributed by atoms with Gasteiger partial charge in [-0.25, -0.2) is 9.79 Å². The van der Waals surface area contributed by atoms with E-state index < -0.39 is 27.4 Å². The number of thiazole rings is 1. The number of aromatic nitrogens is 1. The lowest BCUT2D eigenvalue weighted by Crippen LogP contribution is -2.39. The lowest BCUT2D eigenvalue weighted by atomic mass is 10.0. The van der Waals surface area contributed by atoms with Crippen LogP contribution in [0, 0.1) is 20.2 Å². The largest absolute Gasteiger partial charge is 0.463 e. The molecular weight excluding hydrogens is 675 g/mol. The number of carbonyl (C=O) groups excluding carboxylic acids is 1. The number of non-ortho nitro benzene ring substituents is 2. The fraction of sp³-hybridized carbons (Fsp3) is 0.129. The summed E-state index contributed by atoms with van der Waals surface area (Å²) < 4.78 is 18.8. The quantitative estimate of drug-likeness (QED) is 0.101. The number of benzene rings is 2. The average molecular weight is 695 g/mol. The van der Waals surface area contributed by atoms with Crippen LogP contribution in [0.3, 0.4) is 0 Å². The number of nitrogens with zero attached hydrogens (tertiary/aromatic N) is 4. The molecule has 0 bridgehead atoms. The molecule has 2 aromatic carbocycles. The topological polar surface area (TPSA) is 173 Å².